The average molecular weight is 241 g/mol. The minimum Gasteiger partial charge on any atom is -0.307 e. The van der Waals surface area contributed by atoms with Crippen molar-refractivity contribution in [3.63, 3.8) is 0 Å². The molecule has 17 heavy (non-hydrogen) atoms. The van der Waals surface area contributed by atoms with Crippen LogP contribution in [0.2, 0.25) is 0 Å². The molecule has 100 valence electrons. The van der Waals surface area contributed by atoms with Gasteiger partial charge in [0.15, 0.2) is 0 Å². The first-order valence-electron chi connectivity index (χ1n) is 6.89. The molecule has 0 amide bonds. The molecule has 0 aliphatic rings. The van der Waals surface area contributed by atoms with Gasteiger partial charge in [-0.1, -0.05) is 32.6 Å². The van der Waals surface area contributed by atoms with E-state index in [0.29, 0.717) is 31.8 Å². The molecule has 1 unspecified atom stereocenters. The van der Waals surface area contributed by atoms with Crippen molar-refractivity contribution in [1.29, 1.82) is 0 Å². The molecule has 1 N–H and O–H groups in total. The summed E-state index contributed by atoms with van der Waals surface area (Å²) in [6.07, 6.45) is 8.81. The van der Waals surface area contributed by atoms with Crippen molar-refractivity contribution in [2.75, 3.05) is 6.54 Å². The summed E-state index contributed by atoms with van der Waals surface area (Å²) in [5.74, 6) is 0.215. The number of rotatable bonds is 12. The van der Waals surface area contributed by atoms with Crippen LogP contribution in [0.25, 0.3) is 0 Å². The summed E-state index contributed by atoms with van der Waals surface area (Å²) >= 11 is 0. The third-order valence-electron chi connectivity index (χ3n) is 2.92. The van der Waals surface area contributed by atoms with E-state index in [1.807, 2.05) is 0 Å². The molecule has 0 radical (unpaired) electrons. The molecule has 0 aromatic heterocycles. The van der Waals surface area contributed by atoms with Crippen molar-refractivity contribution in [3.8, 4) is 0 Å². The second-order valence-corrected chi connectivity index (χ2v) is 4.73. The van der Waals surface area contributed by atoms with Crippen LogP contribution in [0.15, 0.2) is 0 Å². The van der Waals surface area contributed by atoms with Crippen LogP contribution in [0, 0.1) is 0 Å². The number of Topliss-reactive ketones (excluding diaryl/α,β-unsaturated/α-hetero) is 1. The van der Waals surface area contributed by atoms with E-state index in [-0.39, 0.29) is 5.78 Å². The van der Waals surface area contributed by atoms with Crippen LogP contribution in [0.4, 0.5) is 0 Å². The van der Waals surface area contributed by atoms with Crippen molar-refractivity contribution in [2.45, 2.75) is 71.3 Å². The lowest BCUT2D eigenvalue weighted by Crippen LogP contribution is -2.31. The number of hydrogen-bond donors (Lipinski definition) is 1. The maximum Gasteiger partial charge on any atom is 0.146 e. The van der Waals surface area contributed by atoms with E-state index in [2.05, 4.69) is 19.2 Å². The predicted octanol–water partition coefficient (Wildman–Crippen LogP) is 2.87. The highest BCUT2D eigenvalue weighted by Gasteiger charge is 2.05. The predicted molar refractivity (Wildman–Crippen MR) is 71.1 cm³/mol. The van der Waals surface area contributed by atoms with Crippen LogP contribution in [0.1, 0.15) is 65.2 Å². The molecule has 0 fully saturated rings. The van der Waals surface area contributed by atoms with Gasteiger partial charge in [0.1, 0.15) is 12.1 Å². The molecular weight excluding hydrogens is 214 g/mol. The van der Waals surface area contributed by atoms with Crippen molar-refractivity contribution < 1.29 is 9.59 Å². The summed E-state index contributed by atoms with van der Waals surface area (Å²) in [4.78, 5) is 21.5. The first kappa shape index (κ1) is 16.3. The molecule has 0 saturated heterocycles. The fraction of sp³-hybridized carbons (Fsp3) is 0.857. The van der Waals surface area contributed by atoms with Crippen LogP contribution in [-0.2, 0) is 9.59 Å². The summed E-state index contributed by atoms with van der Waals surface area (Å²) in [6.45, 7) is 4.79. The Morgan fingerprint density at radius 3 is 2.65 bits per heavy atom. The molecule has 0 saturated carbocycles. The zero-order valence-electron chi connectivity index (χ0n) is 11.3. The molecule has 0 bridgehead atoms. The molecule has 0 aromatic rings. The van der Waals surface area contributed by atoms with Gasteiger partial charge in [0.05, 0.1) is 6.54 Å². The van der Waals surface area contributed by atoms with Gasteiger partial charge in [0.2, 0.25) is 0 Å². The van der Waals surface area contributed by atoms with E-state index in [9.17, 15) is 9.59 Å². The minimum absolute atomic E-state index is 0.215. The number of ketones is 1. The number of hydrogen-bond acceptors (Lipinski definition) is 3. The van der Waals surface area contributed by atoms with Gasteiger partial charge in [-0.05, 0) is 19.8 Å². The highest BCUT2D eigenvalue weighted by Crippen LogP contribution is 2.05. The molecule has 1 atom stereocenters. The standard InChI is InChI=1S/C14H27NO2/c1-3-4-5-6-9-13(2)15-12-14(17)10-7-8-11-16/h11,13,15H,3-10,12H2,1-2H3. The lowest BCUT2D eigenvalue weighted by Gasteiger charge is -2.12. The molecule has 0 aliphatic heterocycles. The Morgan fingerprint density at radius 1 is 1.24 bits per heavy atom. The highest BCUT2D eigenvalue weighted by atomic mass is 16.1. The molecule has 0 heterocycles. The summed E-state index contributed by atoms with van der Waals surface area (Å²) < 4.78 is 0. The Labute approximate surface area is 105 Å². The molecule has 0 spiro atoms. The molecule has 3 heteroatoms. The Hall–Kier alpha value is -0.700. The Bertz CT molecular complexity index is 204. The van der Waals surface area contributed by atoms with Crippen molar-refractivity contribution in [3.05, 3.63) is 0 Å². The van der Waals surface area contributed by atoms with E-state index in [1.165, 1.54) is 25.7 Å². The Balaban J connectivity index is 3.38. The quantitative estimate of drug-likeness (QED) is 0.422. The number of aldehydes is 1. The number of carbonyl (C=O) groups is 2. The fourth-order valence-electron chi connectivity index (χ4n) is 1.74. The number of carbonyl (C=O) groups excluding carboxylic acids is 2. The maximum atomic E-state index is 11.4. The first-order valence-corrected chi connectivity index (χ1v) is 6.89. The van der Waals surface area contributed by atoms with Crippen LogP contribution in [0.5, 0.6) is 0 Å². The summed E-state index contributed by atoms with van der Waals surface area (Å²) in [6, 6.07) is 0.418. The molecule has 0 aromatic carbocycles. The lowest BCUT2D eigenvalue weighted by atomic mass is 10.1. The van der Waals surface area contributed by atoms with Crippen LogP contribution >= 0.6 is 0 Å². The smallest absolute Gasteiger partial charge is 0.146 e. The van der Waals surface area contributed by atoms with E-state index < -0.39 is 0 Å². The molecule has 0 aliphatic carbocycles. The molecule has 3 nitrogen and oxygen atoms in total. The third kappa shape index (κ3) is 11.6. The largest absolute Gasteiger partial charge is 0.307 e. The van der Waals surface area contributed by atoms with Crippen molar-refractivity contribution >= 4 is 12.1 Å². The third-order valence-corrected chi connectivity index (χ3v) is 2.92. The number of unbranched alkanes of at least 4 members (excludes halogenated alkanes) is 4. The first-order chi connectivity index (χ1) is 8.20. The van der Waals surface area contributed by atoms with Gasteiger partial charge in [-0.15, -0.1) is 0 Å². The number of nitrogens with one attached hydrogen (secondary N) is 1. The van der Waals surface area contributed by atoms with Crippen molar-refractivity contribution in [1.82, 2.24) is 5.32 Å². The van der Waals surface area contributed by atoms with Gasteiger partial charge in [-0.2, -0.15) is 0 Å². The monoisotopic (exact) mass is 241 g/mol. The van der Waals surface area contributed by atoms with E-state index >= 15 is 0 Å². The molecule has 0 rings (SSSR count). The van der Waals surface area contributed by atoms with E-state index in [0.717, 1.165) is 12.7 Å². The van der Waals surface area contributed by atoms with Gasteiger partial charge in [0.25, 0.3) is 0 Å². The van der Waals surface area contributed by atoms with E-state index in [4.69, 9.17) is 0 Å². The normalized spacial score (nSPS) is 12.4. The SMILES string of the molecule is CCCCCCC(C)NCC(=O)CCCC=O. The van der Waals surface area contributed by atoms with Crippen LogP contribution in [-0.4, -0.2) is 24.7 Å². The van der Waals surface area contributed by atoms with E-state index in [1.54, 1.807) is 0 Å². The Morgan fingerprint density at radius 2 is 2.00 bits per heavy atom. The maximum absolute atomic E-state index is 11.4. The average Bonchev–Trinajstić information content (AvgIpc) is 2.32. The zero-order valence-corrected chi connectivity index (χ0v) is 11.3. The summed E-state index contributed by atoms with van der Waals surface area (Å²) in [7, 11) is 0. The summed E-state index contributed by atoms with van der Waals surface area (Å²) in [5.41, 5.74) is 0. The van der Waals surface area contributed by atoms with Gasteiger partial charge in [-0.25, -0.2) is 0 Å². The van der Waals surface area contributed by atoms with Gasteiger partial charge in [-0.3, -0.25) is 4.79 Å². The summed E-state index contributed by atoms with van der Waals surface area (Å²) in [5, 5.41) is 3.25. The zero-order chi connectivity index (χ0) is 12.9. The second kappa shape index (κ2) is 11.8. The van der Waals surface area contributed by atoms with Gasteiger partial charge in [0, 0.05) is 18.9 Å². The second-order valence-electron chi connectivity index (χ2n) is 4.73. The highest BCUT2D eigenvalue weighted by molar-refractivity contribution is 5.80. The van der Waals surface area contributed by atoms with Crippen LogP contribution < -0.4 is 5.32 Å². The Kier molecular flexibility index (Phi) is 11.3. The fourth-order valence-corrected chi connectivity index (χ4v) is 1.74. The van der Waals surface area contributed by atoms with Crippen LogP contribution in [0.3, 0.4) is 0 Å². The van der Waals surface area contributed by atoms with Crippen molar-refractivity contribution in [2.24, 2.45) is 0 Å². The van der Waals surface area contributed by atoms with Gasteiger partial charge < -0.3 is 10.1 Å². The minimum atomic E-state index is 0.215. The van der Waals surface area contributed by atoms with Gasteiger partial charge >= 0.3 is 0 Å². The lowest BCUT2D eigenvalue weighted by molar-refractivity contribution is -0.118. The topological polar surface area (TPSA) is 46.2 Å². The molecular formula is C14H27NO2.